The molecule has 4 nitrogen and oxygen atoms in total. The standard InChI is InChI=1S/C13H25N3O/c1-11(2)9-16(8-6-7-14)10-13(17)15(5)12(3)4/h11-12H,6,8-10H2,1-5H3. The summed E-state index contributed by atoms with van der Waals surface area (Å²) < 4.78 is 0. The third-order valence-electron chi connectivity index (χ3n) is 2.69. The molecule has 0 unspecified atom stereocenters. The molecule has 0 radical (unpaired) electrons. The number of nitriles is 1. The predicted molar refractivity (Wildman–Crippen MR) is 69.4 cm³/mol. The number of likely N-dealkylation sites (N-methyl/N-ethyl adjacent to an activating group) is 1. The highest BCUT2D eigenvalue weighted by molar-refractivity contribution is 5.78. The minimum atomic E-state index is 0.124. The molecule has 0 fully saturated rings. The minimum Gasteiger partial charge on any atom is -0.342 e. The van der Waals surface area contributed by atoms with Crippen molar-refractivity contribution in [2.75, 3.05) is 26.7 Å². The summed E-state index contributed by atoms with van der Waals surface area (Å²) in [5.74, 6) is 0.629. The summed E-state index contributed by atoms with van der Waals surface area (Å²) in [6.45, 7) is 10.2. The maximum Gasteiger partial charge on any atom is 0.236 e. The first-order chi connectivity index (χ1) is 7.88. The van der Waals surface area contributed by atoms with Crippen molar-refractivity contribution in [1.29, 1.82) is 5.26 Å². The van der Waals surface area contributed by atoms with Gasteiger partial charge in [0, 0.05) is 32.6 Å². The zero-order valence-electron chi connectivity index (χ0n) is 11.7. The Morgan fingerprint density at radius 3 is 2.29 bits per heavy atom. The molecule has 0 saturated heterocycles. The highest BCUT2D eigenvalue weighted by Gasteiger charge is 2.16. The van der Waals surface area contributed by atoms with Crippen LogP contribution in [0.5, 0.6) is 0 Å². The molecule has 4 heteroatoms. The Kier molecular flexibility index (Phi) is 7.56. The first kappa shape index (κ1) is 15.9. The van der Waals surface area contributed by atoms with Gasteiger partial charge < -0.3 is 4.90 Å². The van der Waals surface area contributed by atoms with E-state index < -0.39 is 0 Å². The van der Waals surface area contributed by atoms with Crippen molar-refractivity contribution in [3.05, 3.63) is 0 Å². The van der Waals surface area contributed by atoms with Crippen LogP contribution < -0.4 is 0 Å². The normalized spacial score (nSPS) is 11.0. The Morgan fingerprint density at radius 1 is 1.29 bits per heavy atom. The van der Waals surface area contributed by atoms with Gasteiger partial charge >= 0.3 is 0 Å². The molecule has 0 spiro atoms. The fourth-order valence-corrected chi connectivity index (χ4v) is 1.55. The first-order valence-corrected chi connectivity index (χ1v) is 6.23. The Balaban J connectivity index is 4.31. The van der Waals surface area contributed by atoms with Gasteiger partial charge in [-0.3, -0.25) is 9.69 Å². The van der Waals surface area contributed by atoms with E-state index in [-0.39, 0.29) is 11.9 Å². The Hall–Kier alpha value is -1.08. The van der Waals surface area contributed by atoms with Gasteiger partial charge in [-0.25, -0.2) is 0 Å². The van der Waals surface area contributed by atoms with E-state index in [4.69, 9.17) is 5.26 Å². The van der Waals surface area contributed by atoms with Gasteiger partial charge in [0.2, 0.25) is 5.91 Å². The predicted octanol–water partition coefficient (Wildman–Crippen LogP) is 1.72. The van der Waals surface area contributed by atoms with Crippen LogP contribution in [0, 0.1) is 17.2 Å². The van der Waals surface area contributed by atoms with Crippen molar-refractivity contribution in [1.82, 2.24) is 9.80 Å². The zero-order valence-corrected chi connectivity index (χ0v) is 11.7. The average molecular weight is 239 g/mol. The number of carbonyl (C=O) groups excluding carboxylic acids is 1. The summed E-state index contributed by atoms with van der Waals surface area (Å²) in [4.78, 5) is 15.8. The smallest absolute Gasteiger partial charge is 0.236 e. The molecule has 0 aliphatic rings. The van der Waals surface area contributed by atoms with E-state index in [0.717, 1.165) is 6.54 Å². The molecule has 17 heavy (non-hydrogen) atoms. The van der Waals surface area contributed by atoms with Crippen LogP contribution in [0.1, 0.15) is 34.1 Å². The van der Waals surface area contributed by atoms with Gasteiger partial charge in [-0.05, 0) is 19.8 Å². The third kappa shape index (κ3) is 6.96. The van der Waals surface area contributed by atoms with E-state index in [1.54, 1.807) is 4.90 Å². The second-order valence-corrected chi connectivity index (χ2v) is 5.14. The molecule has 0 heterocycles. The van der Waals surface area contributed by atoms with Crippen molar-refractivity contribution < 1.29 is 4.79 Å². The third-order valence-corrected chi connectivity index (χ3v) is 2.69. The largest absolute Gasteiger partial charge is 0.342 e. The molecule has 0 saturated carbocycles. The van der Waals surface area contributed by atoms with Crippen molar-refractivity contribution in [2.24, 2.45) is 5.92 Å². The lowest BCUT2D eigenvalue weighted by molar-refractivity contribution is -0.132. The van der Waals surface area contributed by atoms with Crippen LogP contribution in [0.2, 0.25) is 0 Å². The molecule has 0 aromatic rings. The number of hydrogen-bond donors (Lipinski definition) is 0. The number of amides is 1. The molecular formula is C13H25N3O. The van der Waals surface area contributed by atoms with Crippen molar-refractivity contribution in [3.63, 3.8) is 0 Å². The summed E-state index contributed by atoms with van der Waals surface area (Å²) >= 11 is 0. The number of hydrogen-bond acceptors (Lipinski definition) is 3. The minimum absolute atomic E-state index is 0.124. The Bertz CT molecular complexity index is 268. The molecule has 1 amide bonds. The SMILES string of the molecule is CC(C)CN(CCC#N)CC(=O)N(C)C(C)C. The molecule has 0 N–H and O–H groups in total. The van der Waals surface area contributed by atoms with Gasteiger partial charge in [-0.2, -0.15) is 5.26 Å². The van der Waals surface area contributed by atoms with E-state index >= 15 is 0 Å². The molecule has 0 aromatic heterocycles. The van der Waals surface area contributed by atoms with Crippen LogP contribution in [0.15, 0.2) is 0 Å². The van der Waals surface area contributed by atoms with Crippen molar-refractivity contribution >= 4 is 5.91 Å². The maximum atomic E-state index is 11.9. The maximum absolute atomic E-state index is 11.9. The lowest BCUT2D eigenvalue weighted by Crippen LogP contribution is -2.42. The van der Waals surface area contributed by atoms with Crippen molar-refractivity contribution in [2.45, 2.75) is 40.2 Å². The number of carbonyl (C=O) groups is 1. The molecule has 0 rings (SSSR count). The van der Waals surface area contributed by atoms with Gasteiger partial charge in [0.1, 0.15) is 0 Å². The fourth-order valence-electron chi connectivity index (χ4n) is 1.55. The molecule has 0 aliphatic heterocycles. The van der Waals surface area contributed by atoms with Crippen LogP contribution in [-0.2, 0) is 4.79 Å². The Labute approximate surface area is 105 Å². The summed E-state index contributed by atoms with van der Waals surface area (Å²) in [5.41, 5.74) is 0. The highest BCUT2D eigenvalue weighted by atomic mass is 16.2. The number of nitrogens with zero attached hydrogens (tertiary/aromatic N) is 3. The van der Waals surface area contributed by atoms with Crippen LogP contribution >= 0.6 is 0 Å². The van der Waals surface area contributed by atoms with Gasteiger partial charge in [-0.1, -0.05) is 13.8 Å². The average Bonchev–Trinajstić information content (AvgIpc) is 2.23. The monoisotopic (exact) mass is 239 g/mol. The van der Waals surface area contributed by atoms with E-state index in [9.17, 15) is 4.79 Å². The van der Waals surface area contributed by atoms with Gasteiger partial charge in [0.15, 0.2) is 0 Å². The lowest BCUT2D eigenvalue weighted by atomic mass is 10.2. The quantitative estimate of drug-likeness (QED) is 0.679. The van der Waals surface area contributed by atoms with Crippen LogP contribution in [-0.4, -0.2) is 48.4 Å². The molecule has 0 aliphatic carbocycles. The zero-order chi connectivity index (χ0) is 13.4. The molecule has 0 aromatic carbocycles. The molecule has 98 valence electrons. The van der Waals surface area contributed by atoms with E-state index in [1.165, 1.54) is 0 Å². The second-order valence-electron chi connectivity index (χ2n) is 5.14. The summed E-state index contributed by atoms with van der Waals surface area (Å²) in [6, 6.07) is 2.35. The van der Waals surface area contributed by atoms with Gasteiger partial charge in [0.05, 0.1) is 12.6 Å². The lowest BCUT2D eigenvalue weighted by Gasteiger charge is -2.27. The van der Waals surface area contributed by atoms with Crippen LogP contribution in [0.4, 0.5) is 0 Å². The molecule has 0 bridgehead atoms. The highest BCUT2D eigenvalue weighted by Crippen LogP contribution is 2.02. The summed E-state index contributed by atoms with van der Waals surface area (Å²) in [5, 5.41) is 8.61. The van der Waals surface area contributed by atoms with E-state index in [1.807, 2.05) is 20.9 Å². The summed E-state index contributed by atoms with van der Waals surface area (Å²) in [6.07, 6.45) is 0.478. The molecular weight excluding hydrogens is 214 g/mol. The molecule has 0 atom stereocenters. The van der Waals surface area contributed by atoms with Crippen LogP contribution in [0.3, 0.4) is 0 Å². The van der Waals surface area contributed by atoms with E-state index in [2.05, 4.69) is 24.8 Å². The van der Waals surface area contributed by atoms with Crippen LogP contribution in [0.25, 0.3) is 0 Å². The number of rotatable bonds is 7. The first-order valence-electron chi connectivity index (χ1n) is 6.23. The van der Waals surface area contributed by atoms with E-state index in [0.29, 0.717) is 25.4 Å². The topological polar surface area (TPSA) is 47.3 Å². The van der Waals surface area contributed by atoms with Gasteiger partial charge in [-0.15, -0.1) is 0 Å². The van der Waals surface area contributed by atoms with Crippen molar-refractivity contribution in [3.8, 4) is 6.07 Å². The summed E-state index contributed by atoms with van der Waals surface area (Å²) in [7, 11) is 1.82. The van der Waals surface area contributed by atoms with Gasteiger partial charge in [0.25, 0.3) is 0 Å². The Morgan fingerprint density at radius 2 is 1.88 bits per heavy atom. The second kappa shape index (κ2) is 8.08. The fraction of sp³-hybridized carbons (Fsp3) is 0.846.